The van der Waals surface area contributed by atoms with E-state index < -0.39 is 0 Å². The van der Waals surface area contributed by atoms with Crippen molar-refractivity contribution in [2.75, 3.05) is 0 Å². The van der Waals surface area contributed by atoms with E-state index in [0.29, 0.717) is 16.9 Å². The Morgan fingerprint density at radius 2 is 2.05 bits per heavy atom. The normalized spacial score (nSPS) is 10.9. The SMILES string of the molecule is Cc1ccc(C)c(Oc2nc(Cl)nc3[nH]ncc23)c1. The Labute approximate surface area is 114 Å². The summed E-state index contributed by atoms with van der Waals surface area (Å²) in [5.41, 5.74) is 2.70. The minimum absolute atomic E-state index is 0.122. The van der Waals surface area contributed by atoms with Crippen molar-refractivity contribution in [1.82, 2.24) is 20.2 Å². The van der Waals surface area contributed by atoms with Crippen LogP contribution in [0.5, 0.6) is 11.6 Å². The van der Waals surface area contributed by atoms with Crippen LogP contribution in [0.25, 0.3) is 11.0 Å². The molecule has 0 bridgehead atoms. The van der Waals surface area contributed by atoms with E-state index in [9.17, 15) is 0 Å². The van der Waals surface area contributed by atoms with Crippen molar-refractivity contribution >= 4 is 22.6 Å². The largest absolute Gasteiger partial charge is 0.438 e. The molecule has 5 nitrogen and oxygen atoms in total. The molecule has 0 aliphatic rings. The average molecular weight is 275 g/mol. The molecule has 0 atom stereocenters. The molecule has 0 saturated heterocycles. The fraction of sp³-hybridized carbons (Fsp3) is 0.154. The number of H-pyrrole nitrogens is 1. The van der Waals surface area contributed by atoms with E-state index in [1.807, 2.05) is 32.0 Å². The van der Waals surface area contributed by atoms with E-state index in [4.69, 9.17) is 16.3 Å². The maximum Gasteiger partial charge on any atom is 0.234 e. The van der Waals surface area contributed by atoms with Crippen molar-refractivity contribution in [3.63, 3.8) is 0 Å². The molecule has 0 fully saturated rings. The summed E-state index contributed by atoms with van der Waals surface area (Å²) in [6.45, 7) is 3.98. The van der Waals surface area contributed by atoms with Crippen molar-refractivity contribution in [1.29, 1.82) is 0 Å². The smallest absolute Gasteiger partial charge is 0.234 e. The number of hydrogen-bond acceptors (Lipinski definition) is 4. The Morgan fingerprint density at radius 1 is 1.21 bits per heavy atom. The Kier molecular flexibility index (Phi) is 2.83. The lowest BCUT2D eigenvalue weighted by Crippen LogP contribution is -1.94. The minimum atomic E-state index is 0.122. The molecule has 0 aliphatic heterocycles. The highest BCUT2D eigenvalue weighted by Crippen LogP contribution is 2.29. The molecule has 0 radical (unpaired) electrons. The molecule has 0 amide bonds. The molecule has 0 unspecified atom stereocenters. The number of rotatable bonds is 2. The highest BCUT2D eigenvalue weighted by atomic mass is 35.5. The molecule has 1 aromatic carbocycles. The van der Waals surface area contributed by atoms with Gasteiger partial charge >= 0.3 is 0 Å². The first-order valence-corrected chi connectivity index (χ1v) is 6.13. The molecule has 2 heterocycles. The van der Waals surface area contributed by atoms with Crippen molar-refractivity contribution in [3.8, 4) is 11.6 Å². The van der Waals surface area contributed by atoms with Crippen LogP contribution in [0, 0.1) is 13.8 Å². The lowest BCUT2D eigenvalue weighted by atomic mass is 10.1. The first-order valence-electron chi connectivity index (χ1n) is 5.75. The van der Waals surface area contributed by atoms with Crippen LogP contribution >= 0.6 is 11.6 Å². The second-order valence-corrected chi connectivity index (χ2v) is 4.64. The molecule has 96 valence electrons. The van der Waals surface area contributed by atoms with Crippen LogP contribution in [-0.2, 0) is 0 Å². The van der Waals surface area contributed by atoms with Crippen molar-refractivity contribution in [3.05, 3.63) is 40.8 Å². The third kappa shape index (κ3) is 2.24. The van der Waals surface area contributed by atoms with Gasteiger partial charge in [0.05, 0.1) is 6.20 Å². The first-order chi connectivity index (χ1) is 9.13. The molecule has 6 heteroatoms. The van der Waals surface area contributed by atoms with Gasteiger partial charge in [-0.3, -0.25) is 5.10 Å². The zero-order chi connectivity index (χ0) is 13.4. The number of aromatic amines is 1. The van der Waals surface area contributed by atoms with Crippen LogP contribution in [0.2, 0.25) is 5.28 Å². The molecular weight excluding hydrogens is 264 g/mol. The Bertz CT molecular complexity index is 753. The molecule has 0 aliphatic carbocycles. The van der Waals surface area contributed by atoms with E-state index in [0.717, 1.165) is 16.9 Å². The van der Waals surface area contributed by atoms with E-state index in [-0.39, 0.29) is 5.28 Å². The number of aryl methyl sites for hydroxylation is 2. The van der Waals surface area contributed by atoms with E-state index in [2.05, 4.69) is 20.2 Å². The van der Waals surface area contributed by atoms with Crippen LogP contribution in [0.3, 0.4) is 0 Å². The van der Waals surface area contributed by atoms with Gasteiger partial charge in [-0.15, -0.1) is 0 Å². The fourth-order valence-corrected chi connectivity index (χ4v) is 1.94. The Morgan fingerprint density at radius 3 is 2.89 bits per heavy atom. The van der Waals surface area contributed by atoms with Crippen LogP contribution in [0.4, 0.5) is 0 Å². The number of nitrogens with zero attached hydrogens (tertiary/aromatic N) is 3. The molecular formula is C13H11ClN4O. The number of aromatic nitrogens is 4. The summed E-state index contributed by atoms with van der Waals surface area (Å²) in [5, 5.41) is 7.49. The lowest BCUT2D eigenvalue weighted by Gasteiger charge is -2.09. The maximum absolute atomic E-state index is 5.87. The number of hydrogen-bond donors (Lipinski definition) is 1. The lowest BCUT2D eigenvalue weighted by molar-refractivity contribution is 0.464. The van der Waals surface area contributed by atoms with Crippen LogP contribution in [0.1, 0.15) is 11.1 Å². The Hall–Kier alpha value is -2.14. The predicted octanol–water partition coefficient (Wildman–Crippen LogP) is 3.42. The topological polar surface area (TPSA) is 63.7 Å². The second-order valence-electron chi connectivity index (χ2n) is 4.30. The van der Waals surface area contributed by atoms with Gasteiger partial charge in [-0.1, -0.05) is 12.1 Å². The minimum Gasteiger partial charge on any atom is -0.438 e. The van der Waals surface area contributed by atoms with Gasteiger partial charge in [0, 0.05) is 0 Å². The van der Waals surface area contributed by atoms with Gasteiger partial charge in [-0.05, 0) is 42.6 Å². The average Bonchev–Trinajstić information content (AvgIpc) is 2.82. The summed E-state index contributed by atoms with van der Waals surface area (Å²) in [4.78, 5) is 8.15. The molecule has 19 heavy (non-hydrogen) atoms. The van der Waals surface area contributed by atoms with Crippen molar-refractivity contribution in [2.24, 2.45) is 0 Å². The fourth-order valence-electron chi connectivity index (χ4n) is 1.78. The van der Waals surface area contributed by atoms with Crippen molar-refractivity contribution in [2.45, 2.75) is 13.8 Å². The summed E-state index contributed by atoms with van der Waals surface area (Å²) in [7, 11) is 0. The molecule has 1 N–H and O–H groups in total. The number of benzene rings is 1. The molecule has 0 saturated carbocycles. The van der Waals surface area contributed by atoms with Crippen LogP contribution < -0.4 is 4.74 Å². The van der Waals surface area contributed by atoms with E-state index in [1.165, 1.54) is 0 Å². The summed E-state index contributed by atoms with van der Waals surface area (Å²) >= 11 is 5.87. The Balaban J connectivity index is 2.10. The summed E-state index contributed by atoms with van der Waals surface area (Å²) in [5.74, 6) is 1.15. The molecule has 2 aromatic heterocycles. The van der Waals surface area contributed by atoms with Gasteiger partial charge in [-0.2, -0.15) is 15.1 Å². The third-order valence-corrected chi connectivity index (χ3v) is 2.97. The van der Waals surface area contributed by atoms with Gasteiger partial charge in [0.25, 0.3) is 0 Å². The molecule has 3 aromatic rings. The number of fused-ring (bicyclic) bond motifs is 1. The summed E-state index contributed by atoms with van der Waals surface area (Å²) < 4.78 is 5.85. The summed E-state index contributed by atoms with van der Waals surface area (Å²) in [6, 6.07) is 5.99. The number of nitrogens with one attached hydrogen (secondary N) is 1. The highest BCUT2D eigenvalue weighted by Gasteiger charge is 2.11. The van der Waals surface area contributed by atoms with Crippen LogP contribution in [0.15, 0.2) is 24.4 Å². The van der Waals surface area contributed by atoms with Gasteiger partial charge in [0.1, 0.15) is 11.1 Å². The van der Waals surface area contributed by atoms with Crippen molar-refractivity contribution < 1.29 is 4.74 Å². The van der Waals surface area contributed by atoms with E-state index in [1.54, 1.807) is 6.20 Å². The quantitative estimate of drug-likeness (QED) is 0.727. The van der Waals surface area contributed by atoms with Gasteiger partial charge < -0.3 is 4.74 Å². The molecule has 0 spiro atoms. The standard InChI is InChI=1S/C13H11ClN4O/c1-7-3-4-8(2)10(5-7)19-12-9-6-15-18-11(9)16-13(14)17-12/h3-6H,1-2H3,(H,15,16,17,18). The van der Waals surface area contributed by atoms with Gasteiger partial charge in [0.15, 0.2) is 5.65 Å². The summed E-state index contributed by atoms with van der Waals surface area (Å²) in [6.07, 6.45) is 1.62. The van der Waals surface area contributed by atoms with E-state index >= 15 is 0 Å². The monoisotopic (exact) mass is 274 g/mol. The highest BCUT2D eigenvalue weighted by molar-refractivity contribution is 6.28. The zero-order valence-electron chi connectivity index (χ0n) is 10.4. The van der Waals surface area contributed by atoms with Crippen LogP contribution in [-0.4, -0.2) is 20.2 Å². The van der Waals surface area contributed by atoms with Gasteiger partial charge in [0.2, 0.25) is 11.2 Å². The second kappa shape index (κ2) is 4.51. The molecule has 3 rings (SSSR count). The zero-order valence-corrected chi connectivity index (χ0v) is 11.2. The number of halogens is 1. The third-order valence-electron chi connectivity index (χ3n) is 2.80. The number of ether oxygens (including phenoxy) is 1. The first kappa shape index (κ1) is 11.9. The predicted molar refractivity (Wildman–Crippen MR) is 72.7 cm³/mol. The van der Waals surface area contributed by atoms with Gasteiger partial charge in [-0.25, -0.2) is 0 Å². The maximum atomic E-state index is 5.87.